The van der Waals surface area contributed by atoms with Crippen LogP contribution >= 0.6 is 0 Å². The first-order valence-electron chi connectivity index (χ1n) is 9.19. The molecule has 0 atom stereocenters. The first kappa shape index (κ1) is 17.2. The molecule has 3 N–H and O–H groups in total. The van der Waals surface area contributed by atoms with Gasteiger partial charge in [0.05, 0.1) is 6.20 Å². The van der Waals surface area contributed by atoms with Gasteiger partial charge in [-0.2, -0.15) is 19.6 Å². The average Bonchev–Trinajstić information content (AvgIpc) is 3.36. The maximum absolute atomic E-state index is 11.8. The predicted molar refractivity (Wildman–Crippen MR) is 103 cm³/mol. The van der Waals surface area contributed by atoms with Crippen LogP contribution in [0.15, 0.2) is 42.2 Å². The van der Waals surface area contributed by atoms with Gasteiger partial charge >= 0.3 is 12.0 Å². The molecule has 5 rings (SSSR count). The number of nitrogens with zero attached hydrogens (tertiary/aromatic N) is 4. The van der Waals surface area contributed by atoms with Gasteiger partial charge in [0.25, 0.3) is 5.91 Å². The minimum Gasteiger partial charge on any atom is -0.458 e. The van der Waals surface area contributed by atoms with Crippen LogP contribution in [0.25, 0.3) is 11.7 Å². The molecule has 2 fully saturated rings. The third-order valence-corrected chi connectivity index (χ3v) is 4.52. The molecule has 10 heteroatoms. The summed E-state index contributed by atoms with van der Waals surface area (Å²) in [7, 11) is 0. The quantitative estimate of drug-likeness (QED) is 0.429. The fourth-order valence-corrected chi connectivity index (χ4v) is 2.91. The van der Waals surface area contributed by atoms with Crippen LogP contribution in [0, 0.1) is 0 Å². The number of ether oxygens (including phenoxy) is 1. The first-order valence-corrected chi connectivity index (χ1v) is 9.19. The molecule has 0 radical (unpaired) electrons. The van der Waals surface area contributed by atoms with E-state index in [0.717, 1.165) is 18.4 Å². The van der Waals surface area contributed by atoms with Crippen molar-refractivity contribution in [3.63, 3.8) is 0 Å². The van der Waals surface area contributed by atoms with E-state index in [4.69, 9.17) is 4.74 Å². The summed E-state index contributed by atoms with van der Waals surface area (Å²) >= 11 is 0. The Labute approximate surface area is 165 Å². The monoisotopic (exact) mass is 391 g/mol. The van der Waals surface area contributed by atoms with Crippen LogP contribution in [0.2, 0.25) is 0 Å². The molecule has 1 aliphatic carbocycles. The molecule has 2 aromatic heterocycles. The van der Waals surface area contributed by atoms with Crippen LogP contribution in [0.4, 0.5) is 10.7 Å². The number of carbonyl (C=O) groups excluding carboxylic acids is 2. The van der Waals surface area contributed by atoms with E-state index in [9.17, 15) is 9.59 Å². The largest absolute Gasteiger partial charge is 0.458 e. The van der Waals surface area contributed by atoms with Crippen LogP contribution in [0.3, 0.4) is 0 Å². The van der Waals surface area contributed by atoms with Gasteiger partial charge in [-0.1, -0.05) is 30.3 Å². The second-order valence-electron chi connectivity index (χ2n) is 6.82. The van der Waals surface area contributed by atoms with E-state index in [1.165, 1.54) is 6.08 Å². The number of amides is 3. The molecule has 1 saturated heterocycles. The number of urea groups is 1. The third kappa shape index (κ3) is 3.59. The van der Waals surface area contributed by atoms with E-state index in [0.29, 0.717) is 29.8 Å². The molecule has 2 aliphatic rings. The Morgan fingerprint density at radius 2 is 2.00 bits per heavy atom. The van der Waals surface area contributed by atoms with Gasteiger partial charge < -0.3 is 15.4 Å². The van der Waals surface area contributed by atoms with Crippen LogP contribution in [0.5, 0.6) is 6.01 Å². The van der Waals surface area contributed by atoms with Crippen molar-refractivity contribution in [2.45, 2.75) is 25.5 Å². The topological polar surface area (TPSA) is 123 Å². The van der Waals surface area contributed by atoms with E-state index in [1.54, 1.807) is 10.7 Å². The molecule has 0 bridgehead atoms. The second kappa shape index (κ2) is 6.89. The summed E-state index contributed by atoms with van der Waals surface area (Å²) in [5, 5.41) is 12.3. The molecule has 1 saturated carbocycles. The van der Waals surface area contributed by atoms with E-state index in [-0.39, 0.29) is 11.7 Å². The Morgan fingerprint density at radius 3 is 2.72 bits per heavy atom. The van der Waals surface area contributed by atoms with Gasteiger partial charge in [-0.3, -0.25) is 10.1 Å². The summed E-state index contributed by atoms with van der Waals surface area (Å²) in [5.74, 6) is 0.0189. The number of imide groups is 1. The molecular formula is C19H17N7O3. The second-order valence-corrected chi connectivity index (χ2v) is 6.82. The molecule has 1 aliphatic heterocycles. The molecule has 3 heterocycles. The van der Waals surface area contributed by atoms with Crippen molar-refractivity contribution in [3.8, 4) is 6.01 Å². The van der Waals surface area contributed by atoms with E-state index < -0.39 is 11.9 Å². The van der Waals surface area contributed by atoms with Gasteiger partial charge in [0.2, 0.25) is 5.95 Å². The summed E-state index contributed by atoms with van der Waals surface area (Å²) in [6.45, 7) is 0.322. The number of fused-ring (bicyclic) bond motifs is 1. The molecule has 1 aromatic carbocycles. The van der Waals surface area contributed by atoms with Crippen LogP contribution in [-0.4, -0.2) is 37.6 Å². The molecule has 0 unspecified atom stereocenters. The summed E-state index contributed by atoms with van der Waals surface area (Å²) in [6, 6.07) is 9.71. The molecule has 0 spiro atoms. The van der Waals surface area contributed by atoms with Gasteiger partial charge in [0.1, 0.15) is 12.3 Å². The van der Waals surface area contributed by atoms with Crippen molar-refractivity contribution in [3.05, 3.63) is 53.4 Å². The summed E-state index contributed by atoms with van der Waals surface area (Å²) in [4.78, 5) is 32.1. The summed E-state index contributed by atoms with van der Waals surface area (Å²) in [6.07, 6.45) is 5.22. The highest BCUT2D eigenvalue weighted by atomic mass is 16.5. The highest BCUT2D eigenvalue weighted by Crippen LogP contribution is 2.26. The lowest BCUT2D eigenvalue weighted by Crippen LogP contribution is -2.22. The maximum Gasteiger partial charge on any atom is 0.326 e. The molecule has 3 aromatic rings. The van der Waals surface area contributed by atoms with Crippen LogP contribution < -0.4 is 20.7 Å². The van der Waals surface area contributed by atoms with Gasteiger partial charge in [-0.15, -0.1) is 0 Å². The number of anilines is 1. The number of nitrogens with one attached hydrogen (secondary N) is 3. The molecular weight excluding hydrogens is 374 g/mol. The van der Waals surface area contributed by atoms with Gasteiger partial charge in [-0.25, -0.2) is 4.79 Å². The van der Waals surface area contributed by atoms with E-state index >= 15 is 0 Å². The SMILES string of the molecule is O=C1NC(=O)C(=Cc2cnn3c(NC4CC4)nc(OCc4ccccc4)nc23)N1. The number of aromatic nitrogens is 4. The van der Waals surface area contributed by atoms with Crippen molar-refractivity contribution in [1.29, 1.82) is 0 Å². The number of rotatable bonds is 6. The minimum absolute atomic E-state index is 0.131. The van der Waals surface area contributed by atoms with Gasteiger partial charge in [0, 0.05) is 11.6 Å². The molecule has 29 heavy (non-hydrogen) atoms. The van der Waals surface area contributed by atoms with Crippen molar-refractivity contribution in [2.24, 2.45) is 0 Å². The molecule has 146 valence electrons. The Kier molecular flexibility index (Phi) is 4.08. The van der Waals surface area contributed by atoms with Gasteiger partial charge in [0.15, 0.2) is 5.65 Å². The highest BCUT2D eigenvalue weighted by molar-refractivity contribution is 6.14. The molecule has 3 amide bonds. The Morgan fingerprint density at radius 1 is 1.17 bits per heavy atom. The number of carbonyl (C=O) groups is 2. The van der Waals surface area contributed by atoms with E-state index in [2.05, 4.69) is 31.0 Å². The van der Waals surface area contributed by atoms with Crippen molar-refractivity contribution in [2.75, 3.05) is 5.32 Å². The van der Waals surface area contributed by atoms with Crippen molar-refractivity contribution >= 4 is 29.6 Å². The fraction of sp³-hybridized carbons (Fsp3) is 0.211. The van der Waals surface area contributed by atoms with Crippen LogP contribution in [0.1, 0.15) is 24.0 Å². The standard InChI is InChI=1S/C19H17N7O3/c27-16-14(22-18(28)24-16)8-12-9-20-26-15(12)23-19(25-17(26)21-13-6-7-13)29-10-11-4-2-1-3-5-11/h1-5,8-9,13H,6-7,10H2,(H,21,23,25)(H2,22,24,27,28). The molecule has 10 nitrogen and oxygen atoms in total. The number of hydrogen-bond acceptors (Lipinski definition) is 7. The normalized spacial score (nSPS) is 17.4. The first-order chi connectivity index (χ1) is 14.2. The third-order valence-electron chi connectivity index (χ3n) is 4.52. The minimum atomic E-state index is -0.560. The van der Waals surface area contributed by atoms with Gasteiger partial charge in [-0.05, 0) is 24.5 Å². The zero-order chi connectivity index (χ0) is 19.8. The van der Waals surface area contributed by atoms with Crippen LogP contribution in [-0.2, 0) is 11.4 Å². The number of benzene rings is 1. The Balaban J connectivity index is 1.51. The maximum atomic E-state index is 11.8. The van der Waals surface area contributed by atoms with E-state index in [1.807, 2.05) is 30.3 Å². The summed E-state index contributed by atoms with van der Waals surface area (Å²) < 4.78 is 7.37. The zero-order valence-electron chi connectivity index (χ0n) is 15.3. The summed E-state index contributed by atoms with van der Waals surface area (Å²) in [5.41, 5.74) is 2.15. The predicted octanol–water partition coefficient (Wildman–Crippen LogP) is 1.46. The van der Waals surface area contributed by atoms with Crippen molar-refractivity contribution in [1.82, 2.24) is 30.2 Å². The average molecular weight is 391 g/mol. The van der Waals surface area contributed by atoms with Crippen molar-refractivity contribution < 1.29 is 14.3 Å². The highest BCUT2D eigenvalue weighted by Gasteiger charge is 2.26. The Hall–Kier alpha value is -3.95. The Bertz CT molecular complexity index is 1140. The lowest BCUT2D eigenvalue weighted by molar-refractivity contribution is -0.115. The smallest absolute Gasteiger partial charge is 0.326 e. The number of hydrogen-bond donors (Lipinski definition) is 3. The fourth-order valence-electron chi connectivity index (χ4n) is 2.91. The zero-order valence-corrected chi connectivity index (χ0v) is 15.3. The lowest BCUT2D eigenvalue weighted by Gasteiger charge is -2.09. The lowest BCUT2D eigenvalue weighted by atomic mass is 10.2.